The molecule has 0 saturated carbocycles. The van der Waals surface area contributed by atoms with Crippen LogP contribution in [0.25, 0.3) is 5.76 Å². The molecule has 4 nitrogen and oxygen atoms in total. The van der Waals surface area contributed by atoms with Crippen molar-refractivity contribution >= 4 is 29.1 Å². The molecule has 4 rings (SSSR count). The number of rotatable bonds is 5. The summed E-state index contributed by atoms with van der Waals surface area (Å²) in [5.74, 6) is -1.16. The van der Waals surface area contributed by atoms with Crippen LogP contribution in [0.4, 0.5) is 0 Å². The van der Waals surface area contributed by atoms with Gasteiger partial charge in [-0.05, 0) is 46.9 Å². The summed E-state index contributed by atoms with van der Waals surface area (Å²) in [6.45, 7) is 4.48. The molecule has 1 aliphatic heterocycles. The van der Waals surface area contributed by atoms with Gasteiger partial charge in [-0.1, -0.05) is 80.0 Å². The number of Topliss-reactive ketones (excluding diaryl/α,β-unsaturated/α-hetero) is 1. The molecule has 0 bridgehead atoms. The van der Waals surface area contributed by atoms with E-state index in [1.54, 1.807) is 24.3 Å². The minimum Gasteiger partial charge on any atom is -0.507 e. The first-order valence-corrected chi connectivity index (χ1v) is 10.9. The number of halogens is 1. The van der Waals surface area contributed by atoms with Gasteiger partial charge in [0.2, 0.25) is 0 Å². The number of benzene rings is 3. The van der Waals surface area contributed by atoms with Gasteiger partial charge < -0.3 is 10.0 Å². The van der Waals surface area contributed by atoms with E-state index in [2.05, 4.69) is 13.8 Å². The minimum atomic E-state index is -0.689. The topological polar surface area (TPSA) is 57.6 Å². The van der Waals surface area contributed by atoms with E-state index >= 15 is 0 Å². The molecular weight excluding hydrogens is 422 g/mol. The largest absolute Gasteiger partial charge is 0.507 e. The molecule has 0 aliphatic carbocycles. The summed E-state index contributed by atoms with van der Waals surface area (Å²) in [5, 5.41) is 11.6. The van der Waals surface area contributed by atoms with Gasteiger partial charge in [-0.25, -0.2) is 0 Å². The number of hydrogen-bond donors (Lipinski definition) is 1. The molecule has 0 radical (unpaired) electrons. The zero-order valence-corrected chi connectivity index (χ0v) is 18.7. The van der Waals surface area contributed by atoms with Crippen LogP contribution in [0.3, 0.4) is 0 Å². The van der Waals surface area contributed by atoms with E-state index < -0.39 is 17.7 Å². The number of aliphatic hydroxyl groups excluding tert-OH is 1. The first kappa shape index (κ1) is 21.8. The minimum absolute atomic E-state index is 0.0885. The number of amides is 1. The maximum absolute atomic E-state index is 13.1. The van der Waals surface area contributed by atoms with Crippen LogP contribution in [-0.2, 0) is 16.1 Å². The molecule has 1 heterocycles. The highest BCUT2D eigenvalue weighted by molar-refractivity contribution is 6.46. The van der Waals surface area contributed by atoms with Crippen LogP contribution in [-0.4, -0.2) is 21.7 Å². The van der Waals surface area contributed by atoms with E-state index in [1.807, 2.05) is 54.6 Å². The number of nitrogens with zero attached hydrogens (tertiary/aromatic N) is 1. The Balaban J connectivity index is 1.84. The fraction of sp³-hybridized carbons (Fsp3) is 0.185. The Labute approximate surface area is 192 Å². The summed E-state index contributed by atoms with van der Waals surface area (Å²) < 4.78 is 0. The lowest BCUT2D eigenvalue weighted by atomic mass is 9.93. The van der Waals surface area contributed by atoms with Crippen molar-refractivity contribution in [3.8, 4) is 0 Å². The van der Waals surface area contributed by atoms with Gasteiger partial charge >= 0.3 is 0 Å². The summed E-state index contributed by atoms with van der Waals surface area (Å²) in [7, 11) is 0. The third-order valence-corrected chi connectivity index (χ3v) is 6.02. The second-order valence-corrected chi connectivity index (χ2v) is 8.68. The third kappa shape index (κ3) is 4.19. The maximum Gasteiger partial charge on any atom is 0.295 e. The molecule has 0 aromatic heterocycles. The van der Waals surface area contributed by atoms with Crippen LogP contribution in [0.15, 0.2) is 84.4 Å². The van der Waals surface area contributed by atoms with Crippen LogP contribution < -0.4 is 0 Å². The lowest BCUT2D eigenvalue weighted by Crippen LogP contribution is -2.29. The highest BCUT2D eigenvalue weighted by atomic mass is 35.5. The van der Waals surface area contributed by atoms with Crippen molar-refractivity contribution in [3.05, 3.63) is 112 Å². The Morgan fingerprint density at radius 1 is 0.938 bits per heavy atom. The van der Waals surface area contributed by atoms with Gasteiger partial charge in [0.15, 0.2) is 0 Å². The zero-order valence-electron chi connectivity index (χ0n) is 18.0. The number of likely N-dealkylation sites (tertiary alicyclic amines) is 1. The lowest BCUT2D eigenvalue weighted by Gasteiger charge is -2.26. The van der Waals surface area contributed by atoms with Crippen molar-refractivity contribution < 1.29 is 14.7 Å². The molecular formula is C27H24ClNO3. The van der Waals surface area contributed by atoms with Crippen LogP contribution in [0.1, 0.15) is 48.1 Å². The predicted molar refractivity (Wildman–Crippen MR) is 126 cm³/mol. The molecule has 162 valence electrons. The fourth-order valence-corrected chi connectivity index (χ4v) is 4.12. The van der Waals surface area contributed by atoms with Crippen LogP contribution >= 0.6 is 11.6 Å². The second kappa shape index (κ2) is 9.01. The highest BCUT2D eigenvalue weighted by Gasteiger charge is 2.46. The Morgan fingerprint density at radius 3 is 2.16 bits per heavy atom. The molecule has 3 aromatic rings. The summed E-state index contributed by atoms with van der Waals surface area (Å²) in [6, 6.07) is 23.3. The SMILES string of the molecule is CC(C)c1ccc(C2C(=C(O)c3ccc(Cl)cc3)C(=O)C(=O)N2Cc2ccccc2)cc1. The molecule has 1 saturated heterocycles. The monoisotopic (exact) mass is 445 g/mol. The van der Waals surface area contributed by atoms with Gasteiger partial charge in [-0.2, -0.15) is 0 Å². The third-order valence-electron chi connectivity index (χ3n) is 5.77. The number of carbonyl (C=O) groups excluding carboxylic acids is 2. The smallest absolute Gasteiger partial charge is 0.295 e. The Bertz CT molecular complexity index is 1170. The van der Waals surface area contributed by atoms with Crippen LogP contribution in [0.5, 0.6) is 0 Å². The van der Waals surface area contributed by atoms with Crippen molar-refractivity contribution in [2.24, 2.45) is 0 Å². The van der Waals surface area contributed by atoms with E-state index in [1.165, 1.54) is 4.90 Å². The van der Waals surface area contributed by atoms with E-state index in [9.17, 15) is 14.7 Å². The molecule has 1 N–H and O–H groups in total. The summed E-state index contributed by atoms with van der Waals surface area (Å²) in [6.07, 6.45) is 0. The average molecular weight is 446 g/mol. The maximum atomic E-state index is 13.1. The van der Waals surface area contributed by atoms with Gasteiger partial charge in [0.1, 0.15) is 5.76 Å². The van der Waals surface area contributed by atoms with Crippen molar-refractivity contribution in [3.63, 3.8) is 0 Å². The van der Waals surface area contributed by atoms with E-state index in [4.69, 9.17) is 11.6 Å². The average Bonchev–Trinajstić information content (AvgIpc) is 3.05. The van der Waals surface area contributed by atoms with E-state index in [0.717, 1.165) is 16.7 Å². The van der Waals surface area contributed by atoms with Crippen LogP contribution in [0.2, 0.25) is 5.02 Å². The Morgan fingerprint density at radius 2 is 1.56 bits per heavy atom. The Kier molecular flexibility index (Phi) is 6.15. The van der Waals surface area contributed by atoms with Crippen molar-refractivity contribution in [2.45, 2.75) is 32.4 Å². The van der Waals surface area contributed by atoms with Gasteiger partial charge in [-0.15, -0.1) is 0 Å². The Hall–Kier alpha value is -3.37. The summed E-state index contributed by atoms with van der Waals surface area (Å²) in [5.41, 5.74) is 3.37. The number of hydrogen-bond acceptors (Lipinski definition) is 3. The lowest BCUT2D eigenvalue weighted by molar-refractivity contribution is -0.140. The molecule has 1 atom stereocenters. The summed E-state index contributed by atoms with van der Waals surface area (Å²) >= 11 is 5.98. The molecule has 32 heavy (non-hydrogen) atoms. The molecule has 1 amide bonds. The molecule has 5 heteroatoms. The standard InChI is InChI=1S/C27H24ClNO3/c1-17(2)19-8-10-20(11-9-19)24-23(25(30)21-12-14-22(28)15-13-21)26(31)27(32)29(24)16-18-6-4-3-5-7-18/h3-15,17,24,30H,16H2,1-2H3. The molecule has 1 unspecified atom stereocenters. The van der Waals surface area contributed by atoms with Gasteiger partial charge in [-0.3, -0.25) is 9.59 Å². The fourth-order valence-electron chi connectivity index (χ4n) is 4.00. The predicted octanol–water partition coefficient (Wildman–Crippen LogP) is 6.09. The zero-order chi connectivity index (χ0) is 22.8. The number of carbonyl (C=O) groups is 2. The molecule has 3 aromatic carbocycles. The van der Waals surface area contributed by atoms with E-state index in [-0.39, 0.29) is 17.9 Å². The summed E-state index contributed by atoms with van der Waals surface area (Å²) in [4.78, 5) is 27.7. The first-order chi connectivity index (χ1) is 15.4. The highest BCUT2D eigenvalue weighted by Crippen LogP contribution is 2.40. The number of aliphatic hydroxyl groups is 1. The quantitative estimate of drug-likeness (QED) is 0.294. The van der Waals surface area contributed by atoms with Crippen molar-refractivity contribution in [1.82, 2.24) is 4.90 Å². The second-order valence-electron chi connectivity index (χ2n) is 8.24. The number of ketones is 1. The molecule has 0 spiro atoms. The van der Waals surface area contributed by atoms with Gasteiger partial charge in [0, 0.05) is 17.1 Å². The van der Waals surface area contributed by atoms with Crippen LogP contribution in [0, 0.1) is 0 Å². The normalized spacial score (nSPS) is 17.9. The van der Waals surface area contributed by atoms with Gasteiger partial charge in [0.25, 0.3) is 11.7 Å². The van der Waals surface area contributed by atoms with Crippen molar-refractivity contribution in [1.29, 1.82) is 0 Å². The molecule has 1 aliphatic rings. The first-order valence-electron chi connectivity index (χ1n) is 10.5. The molecule has 1 fully saturated rings. The van der Waals surface area contributed by atoms with Gasteiger partial charge in [0.05, 0.1) is 11.6 Å². The van der Waals surface area contributed by atoms with Crippen molar-refractivity contribution in [2.75, 3.05) is 0 Å². The van der Waals surface area contributed by atoms with E-state index in [0.29, 0.717) is 16.5 Å².